The Morgan fingerprint density at radius 2 is 1.88 bits per heavy atom. The summed E-state index contributed by atoms with van der Waals surface area (Å²) in [5.74, 6) is 0.869. The average Bonchev–Trinajstić information content (AvgIpc) is 3.17. The van der Waals surface area contributed by atoms with Crippen molar-refractivity contribution in [1.82, 2.24) is 14.8 Å². The molecule has 9 heteroatoms. The van der Waals surface area contributed by atoms with Gasteiger partial charge < -0.3 is 19.9 Å². The molecule has 0 radical (unpaired) electrons. The van der Waals surface area contributed by atoms with Crippen LogP contribution < -0.4 is 15.4 Å². The Labute approximate surface area is 203 Å². The highest BCUT2D eigenvalue weighted by Crippen LogP contribution is 2.25. The van der Waals surface area contributed by atoms with Gasteiger partial charge in [0.05, 0.1) is 24.5 Å². The molecule has 2 aromatic carbocycles. The van der Waals surface area contributed by atoms with Crippen LogP contribution in [-0.4, -0.2) is 38.9 Å². The van der Waals surface area contributed by atoms with Gasteiger partial charge in [0.15, 0.2) is 5.16 Å². The van der Waals surface area contributed by atoms with Crippen LogP contribution in [0.2, 0.25) is 0 Å². The van der Waals surface area contributed by atoms with Crippen molar-refractivity contribution in [3.8, 4) is 5.75 Å². The van der Waals surface area contributed by atoms with Crippen molar-refractivity contribution >= 4 is 35.0 Å². The third-order valence-electron chi connectivity index (χ3n) is 5.01. The van der Waals surface area contributed by atoms with E-state index >= 15 is 0 Å². The van der Waals surface area contributed by atoms with Gasteiger partial charge in [0.2, 0.25) is 11.8 Å². The number of benzene rings is 2. The highest BCUT2D eigenvalue weighted by Gasteiger charge is 2.17. The summed E-state index contributed by atoms with van der Waals surface area (Å²) in [7, 11) is 0. The minimum absolute atomic E-state index is 0.0578. The number of hydrogen-bond acceptors (Lipinski definition) is 6. The van der Waals surface area contributed by atoms with Crippen molar-refractivity contribution in [2.75, 3.05) is 23.0 Å². The standard InChI is InChI=1S/C25H29N5O3S/c1-5-13-30-22(15-23(31)26-19-12-11-17(3)18(4)14-19)28-29-25(30)34-16-24(32)27-20-9-7-8-10-21(20)33-6-2/h5,7-12,14H,1,6,13,15-16H2,2-4H3,(H,26,31)(H,27,32). The van der Waals surface area contributed by atoms with Gasteiger partial charge in [-0.15, -0.1) is 16.8 Å². The van der Waals surface area contributed by atoms with Crippen LogP contribution in [0.5, 0.6) is 5.75 Å². The van der Waals surface area contributed by atoms with Crippen LogP contribution >= 0.6 is 11.8 Å². The van der Waals surface area contributed by atoms with Crippen LogP contribution in [0.1, 0.15) is 23.9 Å². The number of allylic oxidation sites excluding steroid dienone is 1. The second-order valence-electron chi connectivity index (χ2n) is 7.59. The number of aromatic nitrogens is 3. The van der Waals surface area contributed by atoms with E-state index in [1.165, 1.54) is 11.8 Å². The van der Waals surface area contributed by atoms with Gasteiger partial charge in [0, 0.05) is 12.2 Å². The average molecular weight is 480 g/mol. The van der Waals surface area contributed by atoms with Crippen LogP contribution in [0.15, 0.2) is 60.3 Å². The van der Waals surface area contributed by atoms with Gasteiger partial charge in [-0.3, -0.25) is 9.59 Å². The summed E-state index contributed by atoms with van der Waals surface area (Å²) in [4.78, 5) is 25.1. The molecule has 3 rings (SSSR count). The van der Waals surface area contributed by atoms with Crippen molar-refractivity contribution in [1.29, 1.82) is 0 Å². The Balaban J connectivity index is 1.63. The maximum absolute atomic E-state index is 12.6. The van der Waals surface area contributed by atoms with Gasteiger partial charge in [-0.1, -0.05) is 36.0 Å². The zero-order valence-electron chi connectivity index (χ0n) is 19.6. The van der Waals surface area contributed by atoms with Gasteiger partial charge in [-0.05, 0) is 56.2 Å². The van der Waals surface area contributed by atoms with Gasteiger partial charge in [0.1, 0.15) is 11.6 Å². The number of carbonyl (C=O) groups is 2. The summed E-state index contributed by atoms with van der Waals surface area (Å²) >= 11 is 1.25. The molecule has 1 heterocycles. The van der Waals surface area contributed by atoms with Crippen molar-refractivity contribution in [2.45, 2.75) is 38.9 Å². The highest BCUT2D eigenvalue weighted by atomic mass is 32.2. The molecule has 2 N–H and O–H groups in total. The number of hydrogen-bond donors (Lipinski definition) is 2. The molecule has 0 bridgehead atoms. The number of rotatable bonds is 11. The highest BCUT2D eigenvalue weighted by molar-refractivity contribution is 7.99. The quantitative estimate of drug-likeness (QED) is 0.313. The predicted molar refractivity (Wildman–Crippen MR) is 135 cm³/mol. The molecular weight excluding hydrogens is 450 g/mol. The normalized spacial score (nSPS) is 10.6. The van der Waals surface area contributed by atoms with Gasteiger partial charge >= 0.3 is 0 Å². The Morgan fingerprint density at radius 3 is 2.62 bits per heavy atom. The van der Waals surface area contributed by atoms with Crippen LogP contribution in [-0.2, 0) is 22.6 Å². The van der Waals surface area contributed by atoms with E-state index in [-0.39, 0.29) is 24.0 Å². The minimum atomic E-state index is -0.195. The van der Waals surface area contributed by atoms with Crippen LogP contribution in [0.25, 0.3) is 0 Å². The maximum Gasteiger partial charge on any atom is 0.234 e. The molecule has 0 fully saturated rings. The second kappa shape index (κ2) is 12.0. The zero-order chi connectivity index (χ0) is 24.5. The largest absolute Gasteiger partial charge is 0.492 e. The Hall–Kier alpha value is -3.59. The Morgan fingerprint density at radius 1 is 1.09 bits per heavy atom. The second-order valence-corrected chi connectivity index (χ2v) is 8.53. The topological polar surface area (TPSA) is 98.1 Å². The minimum Gasteiger partial charge on any atom is -0.492 e. The SMILES string of the molecule is C=CCn1c(CC(=O)Nc2ccc(C)c(C)c2)nnc1SCC(=O)Nc1ccccc1OCC. The summed E-state index contributed by atoms with van der Waals surface area (Å²) in [5.41, 5.74) is 3.62. The first kappa shape index (κ1) is 25.0. The number of amides is 2. The third kappa shape index (κ3) is 6.71. The summed E-state index contributed by atoms with van der Waals surface area (Å²) in [6.07, 6.45) is 1.76. The molecule has 8 nitrogen and oxygen atoms in total. The lowest BCUT2D eigenvalue weighted by molar-refractivity contribution is -0.116. The van der Waals surface area contributed by atoms with Crippen molar-refractivity contribution < 1.29 is 14.3 Å². The van der Waals surface area contributed by atoms with Crippen molar-refractivity contribution in [2.24, 2.45) is 0 Å². The molecule has 0 unspecified atom stereocenters. The van der Waals surface area contributed by atoms with Gasteiger partial charge in [0.25, 0.3) is 0 Å². The monoisotopic (exact) mass is 479 g/mol. The number of para-hydroxylation sites is 2. The number of carbonyl (C=O) groups excluding carboxylic acids is 2. The number of nitrogens with one attached hydrogen (secondary N) is 2. The van der Waals surface area contributed by atoms with Gasteiger partial charge in [-0.2, -0.15) is 0 Å². The summed E-state index contributed by atoms with van der Waals surface area (Å²) in [6.45, 7) is 10.6. The molecule has 0 aliphatic carbocycles. The lowest BCUT2D eigenvalue weighted by Gasteiger charge is -2.11. The first-order valence-corrected chi connectivity index (χ1v) is 11.9. The zero-order valence-corrected chi connectivity index (χ0v) is 20.4. The van der Waals surface area contributed by atoms with E-state index in [9.17, 15) is 9.59 Å². The fourth-order valence-corrected chi connectivity index (χ4v) is 3.97. The molecule has 0 saturated heterocycles. The molecule has 0 saturated carbocycles. The van der Waals surface area contributed by atoms with E-state index in [0.29, 0.717) is 35.6 Å². The molecule has 0 atom stereocenters. The molecule has 0 spiro atoms. The van der Waals surface area contributed by atoms with Crippen LogP contribution in [0.3, 0.4) is 0 Å². The molecule has 2 amide bonds. The Kier molecular flexibility index (Phi) is 8.86. The summed E-state index contributed by atoms with van der Waals surface area (Å²) in [6, 6.07) is 13.1. The first-order chi connectivity index (χ1) is 16.4. The summed E-state index contributed by atoms with van der Waals surface area (Å²) in [5, 5.41) is 14.7. The molecule has 0 aliphatic rings. The van der Waals surface area contributed by atoms with E-state index in [1.54, 1.807) is 16.7 Å². The molecule has 3 aromatic rings. The molecular formula is C25H29N5O3S. The number of ether oxygens (including phenoxy) is 1. The van der Waals surface area contributed by atoms with E-state index < -0.39 is 0 Å². The van der Waals surface area contributed by atoms with E-state index in [4.69, 9.17) is 4.74 Å². The van der Waals surface area contributed by atoms with Gasteiger partial charge in [-0.25, -0.2) is 0 Å². The number of aryl methyl sites for hydroxylation is 2. The van der Waals surface area contributed by atoms with Crippen LogP contribution in [0.4, 0.5) is 11.4 Å². The summed E-state index contributed by atoms with van der Waals surface area (Å²) < 4.78 is 7.34. The van der Waals surface area contributed by atoms with E-state index in [2.05, 4.69) is 27.4 Å². The number of nitrogens with zero attached hydrogens (tertiary/aromatic N) is 3. The maximum atomic E-state index is 12.6. The molecule has 1 aromatic heterocycles. The van der Waals surface area contributed by atoms with E-state index in [0.717, 1.165) is 16.8 Å². The first-order valence-electron chi connectivity index (χ1n) is 11.0. The smallest absolute Gasteiger partial charge is 0.234 e. The Bertz CT molecular complexity index is 1180. The third-order valence-corrected chi connectivity index (χ3v) is 5.97. The lowest BCUT2D eigenvalue weighted by atomic mass is 10.1. The fraction of sp³-hybridized carbons (Fsp3) is 0.280. The van der Waals surface area contributed by atoms with Crippen LogP contribution in [0, 0.1) is 13.8 Å². The molecule has 34 heavy (non-hydrogen) atoms. The predicted octanol–water partition coefficient (Wildman–Crippen LogP) is 4.39. The van der Waals surface area contributed by atoms with E-state index in [1.807, 2.05) is 57.2 Å². The molecule has 0 aliphatic heterocycles. The number of thioether (sulfide) groups is 1. The lowest BCUT2D eigenvalue weighted by Crippen LogP contribution is -2.18. The number of anilines is 2. The van der Waals surface area contributed by atoms with Crippen molar-refractivity contribution in [3.05, 3.63) is 72.1 Å². The molecule has 178 valence electrons. The van der Waals surface area contributed by atoms with Crippen molar-refractivity contribution in [3.63, 3.8) is 0 Å². The fourth-order valence-electron chi connectivity index (χ4n) is 3.20.